The molecule has 0 aliphatic heterocycles. The molecule has 3 heteroatoms. The number of rotatable bonds is 1. The van der Waals surface area contributed by atoms with Crippen LogP contribution in [0.4, 0.5) is 5.69 Å². The van der Waals surface area contributed by atoms with Crippen LogP contribution in [-0.4, -0.2) is 24.3 Å². The van der Waals surface area contributed by atoms with E-state index in [4.69, 9.17) is 0 Å². The van der Waals surface area contributed by atoms with Gasteiger partial charge in [0.1, 0.15) is 6.20 Å². The third kappa shape index (κ3) is 1.38. The highest BCUT2D eigenvalue weighted by Crippen LogP contribution is 2.02. The van der Waals surface area contributed by atoms with E-state index in [-0.39, 0.29) is 0 Å². The van der Waals surface area contributed by atoms with E-state index in [1.807, 2.05) is 25.1 Å². The molecule has 0 fully saturated rings. The molecule has 0 aliphatic rings. The molecule has 1 aromatic rings. The third-order valence-electron chi connectivity index (χ3n) is 1.00. The summed E-state index contributed by atoms with van der Waals surface area (Å²) in [4.78, 5) is 1.93. The van der Waals surface area contributed by atoms with Crippen LogP contribution >= 0.6 is 0 Å². The molecule has 0 N–H and O–H groups in total. The zero-order valence-electron chi connectivity index (χ0n) is 5.50. The van der Waals surface area contributed by atoms with E-state index >= 15 is 0 Å². The molecule has 0 bridgehead atoms. The Morgan fingerprint density at radius 3 is 2.67 bits per heavy atom. The quantitative estimate of drug-likeness (QED) is 0.538. The average molecular weight is 122 g/mol. The first-order chi connectivity index (χ1) is 4.30. The second-order valence-electron chi connectivity index (χ2n) is 1.92. The van der Waals surface area contributed by atoms with Gasteiger partial charge in [0, 0.05) is 14.1 Å². The highest BCUT2D eigenvalue weighted by atomic mass is 15.1. The Hall–Kier alpha value is -1.12. The summed E-state index contributed by atoms with van der Waals surface area (Å²) in [7, 11) is 3.88. The van der Waals surface area contributed by atoms with Crippen LogP contribution in [0.5, 0.6) is 0 Å². The van der Waals surface area contributed by atoms with Gasteiger partial charge in [0.05, 0.1) is 11.9 Å². The Morgan fingerprint density at radius 2 is 2.33 bits per heavy atom. The monoisotopic (exact) mass is 122 g/mol. The number of nitrogens with zero attached hydrogens (tertiary/aromatic N) is 3. The van der Waals surface area contributed by atoms with Crippen LogP contribution in [0.1, 0.15) is 0 Å². The summed E-state index contributed by atoms with van der Waals surface area (Å²) < 4.78 is 0. The normalized spacial score (nSPS) is 9.11. The SMILES string of the molecule is CN(C)c1[c]nncc1. The van der Waals surface area contributed by atoms with Gasteiger partial charge in [0.2, 0.25) is 0 Å². The zero-order valence-corrected chi connectivity index (χ0v) is 5.50. The van der Waals surface area contributed by atoms with Crippen LogP contribution < -0.4 is 4.90 Å². The van der Waals surface area contributed by atoms with E-state index in [0.29, 0.717) is 0 Å². The van der Waals surface area contributed by atoms with E-state index in [0.717, 1.165) is 5.69 Å². The molecule has 9 heavy (non-hydrogen) atoms. The van der Waals surface area contributed by atoms with Crippen molar-refractivity contribution in [3.05, 3.63) is 18.5 Å². The average Bonchev–Trinajstić information content (AvgIpc) is 1.90. The minimum absolute atomic E-state index is 0.949. The fraction of sp³-hybridized carbons (Fsp3) is 0.333. The van der Waals surface area contributed by atoms with Crippen LogP contribution in [-0.2, 0) is 0 Å². The van der Waals surface area contributed by atoms with Gasteiger partial charge < -0.3 is 4.90 Å². The second-order valence-corrected chi connectivity index (χ2v) is 1.92. The summed E-state index contributed by atoms with van der Waals surface area (Å²) in [5, 5.41) is 7.18. The maximum atomic E-state index is 3.60. The third-order valence-corrected chi connectivity index (χ3v) is 1.00. The molecule has 47 valence electrons. The van der Waals surface area contributed by atoms with Gasteiger partial charge in [0.25, 0.3) is 0 Å². The molecule has 0 spiro atoms. The predicted molar refractivity (Wildman–Crippen MR) is 35.2 cm³/mol. The van der Waals surface area contributed by atoms with Crippen LogP contribution in [0.2, 0.25) is 0 Å². The van der Waals surface area contributed by atoms with Crippen molar-refractivity contribution in [1.82, 2.24) is 10.2 Å². The Bertz CT molecular complexity index is 171. The Labute approximate surface area is 54.3 Å². The molecule has 3 nitrogen and oxygen atoms in total. The van der Waals surface area contributed by atoms with Gasteiger partial charge in [-0.2, -0.15) is 5.10 Å². The van der Waals surface area contributed by atoms with Crippen LogP contribution in [0.3, 0.4) is 0 Å². The Morgan fingerprint density at radius 1 is 1.56 bits per heavy atom. The molecular formula is C6H8N3. The lowest BCUT2D eigenvalue weighted by Gasteiger charge is -2.08. The topological polar surface area (TPSA) is 29.0 Å². The lowest BCUT2D eigenvalue weighted by atomic mass is 10.4. The van der Waals surface area contributed by atoms with E-state index in [2.05, 4.69) is 16.4 Å². The van der Waals surface area contributed by atoms with Crippen LogP contribution in [0.15, 0.2) is 12.3 Å². The van der Waals surface area contributed by atoms with E-state index < -0.39 is 0 Å². The summed E-state index contributed by atoms with van der Waals surface area (Å²) in [6, 6.07) is 1.85. The first-order valence-electron chi connectivity index (χ1n) is 2.67. The van der Waals surface area contributed by atoms with Crippen molar-refractivity contribution in [1.29, 1.82) is 0 Å². The van der Waals surface area contributed by atoms with Gasteiger partial charge in [-0.1, -0.05) is 0 Å². The Kier molecular flexibility index (Phi) is 1.63. The molecule has 0 atom stereocenters. The summed E-state index contributed by atoms with van der Waals surface area (Å²) in [6.45, 7) is 0. The smallest absolute Gasteiger partial charge is 0.139 e. The Balaban J connectivity index is 2.85. The maximum absolute atomic E-state index is 3.60. The van der Waals surface area contributed by atoms with Crippen LogP contribution in [0, 0.1) is 6.20 Å². The molecule has 1 aromatic heterocycles. The minimum Gasteiger partial charge on any atom is -0.376 e. The summed E-state index contributed by atoms with van der Waals surface area (Å²) in [5.74, 6) is 0. The largest absolute Gasteiger partial charge is 0.376 e. The fourth-order valence-corrected chi connectivity index (χ4v) is 0.504. The highest BCUT2D eigenvalue weighted by molar-refractivity contribution is 5.39. The maximum Gasteiger partial charge on any atom is 0.139 e. The lowest BCUT2D eigenvalue weighted by molar-refractivity contribution is 0.994. The predicted octanol–water partition coefficient (Wildman–Crippen LogP) is 0.343. The number of hydrogen-bond acceptors (Lipinski definition) is 3. The summed E-state index contributed by atoms with van der Waals surface area (Å²) in [5.41, 5.74) is 0.949. The molecule has 0 unspecified atom stereocenters. The molecule has 1 radical (unpaired) electrons. The second kappa shape index (κ2) is 2.44. The van der Waals surface area contributed by atoms with Gasteiger partial charge in [-0.25, -0.2) is 0 Å². The van der Waals surface area contributed by atoms with Crippen molar-refractivity contribution in [2.45, 2.75) is 0 Å². The first-order valence-corrected chi connectivity index (χ1v) is 2.67. The summed E-state index contributed by atoms with van der Waals surface area (Å²) >= 11 is 0. The molecule has 0 amide bonds. The fourth-order valence-electron chi connectivity index (χ4n) is 0.504. The molecule has 0 saturated carbocycles. The molecule has 1 heterocycles. The molecule has 0 aromatic carbocycles. The number of aromatic nitrogens is 2. The van der Waals surface area contributed by atoms with E-state index in [1.54, 1.807) is 6.20 Å². The van der Waals surface area contributed by atoms with Crippen molar-refractivity contribution in [3.63, 3.8) is 0 Å². The van der Waals surface area contributed by atoms with Crippen molar-refractivity contribution in [3.8, 4) is 0 Å². The van der Waals surface area contributed by atoms with Gasteiger partial charge in [-0.3, -0.25) is 0 Å². The molecular weight excluding hydrogens is 114 g/mol. The summed E-state index contributed by atoms with van der Waals surface area (Å²) in [6.07, 6.45) is 4.38. The molecule has 1 rings (SSSR count). The zero-order chi connectivity index (χ0) is 6.69. The van der Waals surface area contributed by atoms with Crippen molar-refractivity contribution in [2.24, 2.45) is 0 Å². The van der Waals surface area contributed by atoms with Gasteiger partial charge in [-0.15, -0.1) is 5.10 Å². The van der Waals surface area contributed by atoms with Crippen molar-refractivity contribution >= 4 is 5.69 Å². The highest BCUT2D eigenvalue weighted by Gasteiger charge is 1.90. The lowest BCUT2D eigenvalue weighted by Crippen LogP contribution is -2.08. The molecule has 0 aliphatic carbocycles. The number of anilines is 1. The van der Waals surface area contributed by atoms with Gasteiger partial charge >= 0.3 is 0 Å². The van der Waals surface area contributed by atoms with Crippen molar-refractivity contribution in [2.75, 3.05) is 19.0 Å². The standard InChI is InChI=1S/C6H8N3/c1-9(2)6-3-4-7-8-5-6/h3-4H,1-2H3. The van der Waals surface area contributed by atoms with Crippen molar-refractivity contribution < 1.29 is 0 Å². The first kappa shape index (κ1) is 6.01. The number of hydrogen-bond donors (Lipinski definition) is 0. The minimum atomic E-state index is 0.949. The van der Waals surface area contributed by atoms with Gasteiger partial charge in [0.15, 0.2) is 0 Å². The van der Waals surface area contributed by atoms with E-state index in [9.17, 15) is 0 Å². The van der Waals surface area contributed by atoms with Gasteiger partial charge in [-0.05, 0) is 6.07 Å². The van der Waals surface area contributed by atoms with E-state index in [1.165, 1.54) is 0 Å². The molecule has 0 saturated heterocycles. The van der Waals surface area contributed by atoms with Crippen LogP contribution in [0.25, 0.3) is 0 Å².